The molecule has 1 heterocycles. The van der Waals surface area contributed by atoms with Crippen LogP contribution in [0.15, 0.2) is 0 Å². The highest BCUT2D eigenvalue weighted by Gasteiger charge is 2.36. The van der Waals surface area contributed by atoms with Crippen molar-refractivity contribution in [2.45, 2.75) is 32.5 Å². The van der Waals surface area contributed by atoms with E-state index in [1.165, 1.54) is 0 Å². The average Bonchev–Trinajstić information content (AvgIpc) is 2.24. The van der Waals surface area contributed by atoms with Crippen molar-refractivity contribution in [3.63, 3.8) is 0 Å². The first-order chi connectivity index (χ1) is 8.32. The highest BCUT2D eigenvalue weighted by Crippen LogP contribution is 2.22. The Hall–Kier alpha value is -1.31. The molecule has 0 fully saturated rings. The van der Waals surface area contributed by atoms with Gasteiger partial charge in [-0.1, -0.05) is 6.92 Å². The van der Waals surface area contributed by atoms with Crippen LogP contribution < -0.4 is 10.6 Å². The van der Waals surface area contributed by atoms with Gasteiger partial charge in [-0.2, -0.15) is 28.1 Å². The molecule has 1 atom stereocenters. The Bertz CT molecular complexity index is 398. The van der Waals surface area contributed by atoms with E-state index in [1.807, 2.05) is 6.92 Å². The summed E-state index contributed by atoms with van der Waals surface area (Å²) in [6.45, 7) is 3.49. The maximum Gasteiger partial charge on any atom is 0.408 e. The average molecular weight is 284 g/mol. The summed E-state index contributed by atoms with van der Waals surface area (Å²) in [5, 5.41) is 4.78. The Morgan fingerprint density at radius 2 is 1.83 bits per heavy atom. The molecule has 9 heteroatoms. The summed E-state index contributed by atoms with van der Waals surface area (Å²) in [5.41, 5.74) is 0. The fourth-order valence-corrected chi connectivity index (χ4v) is 1.17. The summed E-state index contributed by atoms with van der Waals surface area (Å²) in [5.74, 6) is -0.0628. The topological polar surface area (TPSA) is 62.7 Å². The van der Waals surface area contributed by atoms with E-state index in [0.717, 1.165) is 13.3 Å². The molecule has 1 aromatic rings. The molecule has 1 aromatic heterocycles. The van der Waals surface area contributed by atoms with Gasteiger partial charge in [-0.05, 0) is 24.9 Å². The Morgan fingerprint density at radius 1 is 1.22 bits per heavy atom. The van der Waals surface area contributed by atoms with Gasteiger partial charge < -0.3 is 10.6 Å². The first-order valence-electron chi connectivity index (χ1n) is 5.31. The fraction of sp³-hybridized carbons (Fsp3) is 0.667. The van der Waals surface area contributed by atoms with Gasteiger partial charge in [0.15, 0.2) is 0 Å². The highest BCUT2D eigenvalue weighted by molar-refractivity contribution is 6.28. The van der Waals surface area contributed by atoms with Crippen molar-refractivity contribution in [3.05, 3.63) is 5.28 Å². The van der Waals surface area contributed by atoms with E-state index in [1.54, 1.807) is 0 Å². The Labute approximate surface area is 107 Å². The molecular formula is C9H13ClF3N5. The molecule has 0 spiro atoms. The SMILES string of the molecule is CCCNc1nc(Cl)nc(N[C@H](C)C(F)(F)F)n1. The zero-order chi connectivity index (χ0) is 13.8. The summed E-state index contributed by atoms with van der Waals surface area (Å²) in [6, 6.07) is -1.77. The lowest BCUT2D eigenvalue weighted by atomic mass is 10.3. The van der Waals surface area contributed by atoms with Crippen LogP contribution in [-0.2, 0) is 0 Å². The molecule has 0 aliphatic carbocycles. The number of hydrogen-bond donors (Lipinski definition) is 2. The second-order valence-electron chi connectivity index (χ2n) is 3.59. The molecule has 0 aromatic carbocycles. The standard InChI is InChI=1S/C9H13ClF3N5/c1-3-4-14-7-16-6(10)17-8(18-7)15-5(2)9(11,12)13/h5H,3-4H2,1-2H3,(H2,14,15,16,17,18)/t5-/m1/s1. The van der Waals surface area contributed by atoms with E-state index < -0.39 is 12.2 Å². The molecule has 0 amide bonds. The van der Waals surface area contributed by atoms with E-state index in [4.69, 9.17) is 11.6 Å². The van der Waals surface area contributed by atoms with Gasteiger partial charge in [0.25, 0.3) is 0 Å². The zero-order valence-electron chi connectivity index (χ0n) is 9.85. The van der Waals surface area contributed by atoms with Gasteiger partial charge in [-0.25, -0.2) is 0 Å². The van der Waals surface area contributed by atoms with Crippen molar-refractivity contribution in [2.75, 3.05) is 17.2 Å². The van der Waals surface area contributed by atoms with Crippen LogP contribution >= 0.6 is 11.6 Å². The number of halogens is 4. The van der Waals surface area contributed by atoms with Gasteiger partial charge in [0, 0.05) is 6.54 Å². The minimum Gasteiger partial charge on any atom is -0.354 e. The molecule has 0 aliphatic heterocycles. The second kappa shape index (κ2) is 6.03. The summed E-state index contributed by atoms with van der Waals surface area (Å²) >= 11 is 5.60. The molecule has 18 heavy (non-hydrogen) atoms. The van der Waals surface area contributed by atoms with Gasteiger partial charge in [-0.3, -0.25) is 0 Å². The van der Waals surface area contributed by atoms with Gasteiger partial charge >= 0.3 is 6.18 Å². The maximum atomic E-state index is 12.4. The first-order valence-corrected chi connectivity index (χ1v) is 5.69. The summed E-state index contributed by atoms with van der Waals surface area (Å²) < 4.78 is 37.1. The number of anilines is 2. The predicted octanol–water partition coefficient (Wildman–Crippen LogP) is 2.71. The molecule has 1 rings (SSSR count). The van der Waals surface area contributed by atoms with Crippen LogP contribution in [0.1, 0.15) is 20.3 Å². The number of alkyl halides is 3. The van der Waals surface area contributed by atoms with Crippen LogP contribution in [0, 0.1) is 0 Å². The van der Waals surface area contributed by atoms with Crippen molar-refractivity contribution in [3.8, 4) is 0 Å². The van der Waals surface area contributed by atoms with Crippen LogP contribution in [0.25, 0.3) is 0 Å². The third-order valence-corrected chi connectivity index (χ3v) is 2.15. The van der Waals surface area contributed by atoms with Gasteiger partial charge in [0.2, 0.25) is 17.2 Å². The summed E-state index contributed by atoms with van der Waals surface area (Å²) in [4.78, 5) is 11.1. The molecule has 0 saturated heterocycles. The van der Waals surface area contributed by atoms with E-state index in [2.05, 4.69) is 25.6 Å². The first kappa shape index (κ1) is 14.7. The van der Waals surface area contributed by atoms with Gasteiger partial charge in [0.05, 0.1) is 0 Å². The number of nitrogens with one attached hydrogen (secondary N) is 2. The quantitative estimate of drug-likeness (QED) is 0.870. The number of rotatable bonds is 5. The van der Waals surface area contributed by atoms with Crippen LogP contribution in [0.2, 0.25) is 5.28 Å². The fourth-order valence-electron chi connectivity index (χ4n) is 1.01. The molecule has 0 aliphatic rings. The molecule has 0 radical (unpaired) electrons. The van der Waals surface area contributed by atoms with Crippen molar-refractivity contribution in [1.82, 2.24) is 15.0 Å². The van der Waals surface area contributed by atoms with E-state index in [-0.39, 0.29) is 17.2 Å². The molecule has 0 saturated carbocycles. The van der Waals surface area contributed by atoms with Gasteiger partial charge in [-0.15, -0.1) is 0 Å². The normalized spacial score (nSPS) is 13.2. The number of aromatic nitrogens is 3. The van der Waals surface area contributed by atoms with Crippen molar-refractivity contribution < 1.29 is 13.2 Å². The largest absolute Gasteiger partial charge is 0.408 e. The maximum absolute atomic E-state index is 12.4. The monoisotopic (exact) mass is 283 g/mol. The molecule has 102 valence electrons. The zero-order valence-corrected chi connectivity index (χ0v) is 10.6. The van der Waals surface area contributed by atoms with Crippen molar-refractivity contribution in [2.24, 2.45) is 0 Å². The second-order valence-corrected chi connectivity index (χ2v) is 3.92. The lowest BCUT2D eigenvalue weighted by molar-refractivity contribution is -0.138. The van der Waals surface area contributed by atoms with E-state index >= 15 is 0 Å². The van der Waals surface area contributed by atoms with Crippen LogP contribution in [0.5, 0.6) is 0 Å². The number of nitrogens with zero attached hydrogens (tertiary/aromatic N) is 3. The van der Waals surface area contributed by atoms with Crippen LogP contribution in [0.3, 0.4) is 0 Å². The van der Waals surface area contributed by atoms with Crippen molar-refractivity contribution in [1.29, 1.82) is 0 Å². The lowest BCUT2D eigenvalue weighted by Gasteiger charge is -2.17. The number of hydrogen-bond acceptors (Lipinski definition) is 5. The minimum atomic E-state index is -4.38. The van der Waals surface area contributed by atoms with Crippen LogP contribution in [0.4, 0.5) is 25.1 Å². The molecule has 5 nitrogen and oxygen atoms in total. The minimum absolute atomic E-state index is 0.147. The molecule has 0 unspecified atom stereocenters. The third-order valence-electron chi connectivity index (χ3n) is 1.98. The Balaban J connectivity index is 2.79. The van der Waals surface area contributed by atoms with E-state index in [9.17, 15) is 13.2 Å². The molecule has 2 N–H and O–H groups in total. The smallest absolute Gasteiger partial charge is 0.354 e. The lowest BCUT2D eigenvalue weighted by Crippen LogP contribution is -2.33. The Morgan fingerprint density at radius 3 is 2.39 bits per heavy atom. The van der Waals surface area contributed by atoms with E-state index in [0.29, 0.717) is 6.54 Å². The Kier molecular flexibility index (Phi) is 4.94. The summed E-state index contributed by atoms with van der Waals surface area (Å²) in [7, 11) is 0. The van der Waals surface area contributed by atoms with Crippen LogP contribution in [-0.4, -0.2) is 33.7 Å². The van der Waals surface area contributed by atoms with Crippen molar-refractivity contribution >= 4 is 23.5 Å². The summed E-state index contributed by atoms with van der Waals surface area (Å²) in [6.07, 6.45) is -3.55. The van der Waals surface area contributed by atoms with Gasteiger partial charge in [0.1, 0.15) is 6.04 Å². The molecular weight excluding hydrogens is 271 g/mol. The highest BCUT2D eigenvalue weighted by atomic mass is 35.5. The third kappa shape index (κ3) is 4.52. The predicted molar refractivity (Wildman–Crippen MR) is 62.8 cm³/mol. The molecule has 0 bridgehead atoms.